The highest BCUT2D eigenvalue weighted by Crippen LogP contribution is 2.25. The van der Waals surface area contributed by atoms with Crippen LogP contribution in [0, 0.1) is 5.82 Å². The summed E-state index contributed by atoms with van der Waals surface area (Å²) in [6.45, 7) is -0.102. The van der Waals surface area contributed by atoms with Crippen LogP contribution in [0.4, 0.5) is 4.39 Å². The molecule has 1 fully saturated rings. The van der Waals surface area contributed by atoms with E-state index in [-0.39, 0.29) is 24.4 Å². The topological polar surface area (TPSA) is 108 Å². The van der Waals surface area contributed by atoms with Crippen molar-refractivity contribution in [1.29, 1.82) is 0 Å². The minimum absolute atomic E-state index is 0.0247. The number of nitrogens with one attached hydrogen (secondary N) is 1. The van der Waals surface area contributed by atoms with Gasteiger partial charge in [-0.1, -0.05) is 25.0 Å². The third-order valence-electron chi connectivity index (χ3n) is 4.73. The minimum Gasteiger partial charge on any atom is -0.468 e. The molecule has 8 nitrogen and oxygen atoms in total. The molecule has 1 aliphatic rings. The number of methoxy groups -OCH3 is 1. The third kappa shape index (κ3) is 4.23. The van der Waals surface area contributed by atoms with E-state index in [4.69, 9.17) is 10.5 Å². The van der Waals surface area contributed by atoms with Crippen molar-refractivity contribution in [1.82, 2.24) is 25.5 Å². The van der Waals surface area contributed by atoms with E-state index in [1.165, 1.54) is 23.9 Å². The number of nitrogens with two attached hydrogens (primary N) is 1. The van der Waals surface area contributed by atoms with Crippen molar-refractivity contribution in [2.75, 3.05) is 7.11 Å². The first-order valence-corrected chi connectivity index (χ1v) is 8.68. The highest BCUT2D eigenvalue weighted by atomic mass is 19.1. The number of aromatic nitrogens is 4. The van der Waals surface area contributed by atoms with Gasteiger partial charge >= 0.3 is 5.97 Å². The number of benzene rings is 1. The molecule has 140 valence electrons. The summed E-state index contributed by atoms with van der Waals surface area (Å²) in [5.41, 5.74) is 7.06. The fraction of sp³-hybridized carbons (Fsp3) is 0.529. The maximum Gasteiger partial charge on any atom is 0.327 e. The molecular weight excluding hydrogens is 339 g/mol. The van der Waals surface area contributed by atoms with Crippen LogP contribution in [-0.4, -0.2) is 45.4 Å². The average molecular weight is 362 g/mol. The Hall–Kier alpha value is -2.39. The smallest absolute Gasteiger partial charge is 0.327 e. The monoisotopic (exact) mass is 362 g/mol. The Kier molecular flexibility index (Phi) is 5.89. The summed E-state index contributed by atoms with van der Waals surface area (Å²) in [6, 6.07) is 5.83. The number of tetrazole rings is 1. The van der Waals surface area contributed by atoms with E-state index in [0.717, 1.165) is 31.2 Å². The van der Waals surface area contributed by atoms with Gasteiger partial charge in [0.2, 0.25) is 0 Å². The van der Waals surface area contributed by atoms with Crippen molar-refractivity contribution in [2.45, 2.75) is 50.4 Å². The highest BCUT2D eigenvalue weighted by Gasteiger charge is 2.29. The Morgan fingerprint density at radius 1 is 1.38 bits per heavy atom. The van der Waals surface area contributed by atoms with Crippen molar-refractivity contribution < 1.29 is 13.9 Å². The van der Waals surface area contributed by atoms with E-state index in [1.807, 2.05) is 0 Å². The number of carbonyl (C=O) groups is 1. The van der Waals surface area contributed by atoms with Gasteiger partial charge in [0.1, 0.15) is 12.4 Å². The van der Waals surface area contributed by atoms with Crippen LogP contribution >= 0.6 is 0 Å². The maximum absolute atomic E-state index is 13.4. The number of hydrogen-bond donors (Lipinski definition) is 2. The predicted molar refractivity (Wildman–Crippen MR) is 91.4 cm³/mol. The van der Waals surface area contributed by atoms with Crippen LogP contribution in [0.1, 0.15) is 43.1 Å². The summed E-state index contributed by atoms with van der Waals surface area (Å²) in [6.07, 6.45) is 4.09. The number of esters is 1. The molecule has 1 heterocycles. The van der Waals surface area contributed by atoms with Gasteiger partial charge in [-0.15, -0.1) is 5.10 Å². The second kappa shape index (κ2) is 8.33. The molecule has 1 saturated carbocycles. The van der Waals surface area contributed by atoms with Crippen molar-refractivity contribution in [3.8, 4) is 0 Å². The largest absolute Gasteiger partial charge is 0.468 e. The van der Waals surface area contributed by atoms with Crippen LogP contribution in [-0.2, 0) is 16.1 Å². The molecule has 3 N–H and O–H groups in total. The lowest BCUT2D eigenvalue weighted by atomic mass is 9.89. The molecule has 2 aromatic rings. The van der Waals surface area contributed by atoms with Gasteiger partial charge in [0, 0.05) is 12.1 Å². The summed E-state index contributed by atoms with van der Waals surface area (Å²) >= 11 is 0. The number of rotatable bonds is 6. The van der Waals surface area contributed by atoms with Crippen molar-refractivity contribution >= 4 is 5.97 Å². The molecule has 0 bridgehead atoms. The van der Waals surface area contributed by atoms with Crippen molar-refractivity contribution in [3.63, 3.8) is 0 Å². The molecule has 0 radical (unpaired) electrons. The SMILES string of the molecule is COC(=O)Cn1nnnc1C(NC1CCCCC1N)c1ccc(F)cc1. The first kappa shape index (κ1) is 18.4. The van der Waals surface area contributed by atoms with Gasteiger partial charge in [0.15, 0.2) is 5.82 Å². The van der Waals surface area contributed by atoms with Crippen LogP contribution in [0.25, 0.3) is 0 Å². The standard InChI is InChI=1S/C17H23FN6O2/c1-26-15(25)10-24-17(21-22-23-24)16(11-6-8-12(18)9-7-11)20-14-5-3-2-4-13(14)19/h6-9,13-14,16,20H,2-5,10,19H2,1H3. The van der Waals surface area contributed by atoms with Gasteiger partial charge in [-0.05, 0) is 41.0 Å². The quantitative estimate of drug-likeness (QED) is 0.736. The molecule has 0 spiro atoms. The average Bonchev–Trinajstić information content (AvgIpc) is 3.09. The van der Waals surface area contributed by atoms with Crippen LogP contribution < -0.4 is 11.1 Å². The Labute approximate surface area is 150 Å². The number of hydrogen-bond acceptors (Lipinski definition) is 7. The summed E-state index contributed by atoms with van der Waals surface area (Å²) in [5.74, 6) is -0.318. The number of ether oxygens (including phenoxy) is 1. The zero-order chi connectivity index (χ0) is 18.5. The molecule has 3 rings (SSSR count). The van der Waals surface area contributed by atoms with Crippen molar-refractivity contribution in [2.24, 2.45) is 5.73 Å². The lowest BCUT2D eigenvalue weighted by Crippen LogP contribution is -2.49. The van der Waals surface area contributed by atoms with Gasteiger partial charge in [-0.2, -0.15) is 0 Å². The summed E-state index contributed by atoms with van der Waals surface area (Å²) in [4.78, 5) is 11.6. The normalized spacial score (nSPS) is 21.3. The minimum atomic E-state index is -0.453. The highest BCUT2D eigenvalue weighted by molar-refractivity contribution is 5.68. The predicted octanol–water partition coefficient (Wildman–Crippen LogP) is 0.934. The summed E-state index contributed by atoms with van der Waals surface area (Å²) in [5, 5.41) is 15.2. The summed E-state index contributed by atoms with van der Waals surface area (Å²) in [7, 11) is 1.31. The molecular formula is C17H23FN6O2. The fourth-order valence-corrected chi connectivity index (χ4v) is 3.27. The van der Waals surface area contributed by atoms with Gasteiger partial charge in [-0.3, -0.25) is 10.1 Å². The lowest BCUT2D eigenvalue weighted by Gasteiger charge is -2.33. The van der Waals surface area contributed by atoms with Crippen LogP contribution in [0.3, 0.4) is 0 Å². The van der Waals surface area contributed by atoms with E-state index < -0.39 is 12.0 Å². The van der Waals surface area contributed by atoms with Gasteiger partial charge in [0.05, 0.1) is 13.2 Å². The molecule has 0 saturated heterocycles. The Morgan fingerprint density at radius 2 is 2.12 bits per heavy atom. The third-order valence-corrected chi connectivity index (χ3v) is 4.73. The second-order valence-corrected chi connectivity index (χ2v) is 6.48. The fourth-order valence-electron chi connectivity index (χ4n) is 3.27. The number of carbonyl (C=O) groups excluding carboxylic acids is 1. The molecule has 1 aromatic heterocycles. The second-order valence-electron chi connectivity index (χ2n) is 6.48. The van der Waals surface area contributed by atoms with Gasteiger partial charge in [0.25, 0.3) is 0 Å². The molecule has 1 aliphatic carbocycles. The lowest BCUT2D eigenvalue weighted by molar-refractivity contribution is -0.141. The first-order chi connectivity index (χ1) is 12.6. The first-order valence-electron chi connectivity index (χ1n) is 8.68. The van der Waals surface area contributed by atoms with Gasteiger partial charge in [-0.25, -0.2) is 9.07 Å². The van der Waals surface area contributed by atoms with Crippen LogP contribution in [0.15, 0.2) is 24.3 Å². The number of nitrogens with zero attached hydrogens (tertiary/aromatic N) is 4. The molecule has 3 atom stereocenters. The van der Waals surface area contributed by atoms with Crippen molar-refractivity contribution in [3.05, 3.63) is 41.5 Å². The van der Waals surface area contributed by atoms with Gasteiger partial charge < -0.3 is 10.5 Å². The molecule has 3 unspecified atom stereocenters. The molecule has 26 heavy (non-hydrogen) atoms. The number of halogens is 1. The Bertz CT molecular complexity index is 735. The van der Waals surface area contributed by atoms with E-state index in [1.54, 1.807) is 12.1 Å². The van der Waals surface area contributed by atoms with E-state index in [0.29, 0.717) is 5.82 Å². The van der Waals surface area contributed by atoms with Crippen LogP contribution in [0.2, 0.25) is 0 Å². The Balaban J connectivity index is 1.91. The molecule has 0 aliphatic heterocycles. The Morgan fingerprint density at radius 3 is 2.81 bits per heavy atom. The zero-order valence-electron chi connectivity index (χ0n) is 14.6. The molecule has 1 aromatic carbocycles. The zero-order valence-corrected chi connectivity index (χ0v) is 14.6. The van der Waals surface area contributed by atoms with E-state index >= 15 is 0 Å². The van der Waals surface area contributed by atoms with E-state index in [9.17, 15) is 9.18 Å². The van der Waals surface area contributed by atoms with Crippen LogP contribution in [0.5, 0.6) is 0 Å². The summed E-state index contributed by atoms with van der Waals surface area (Å²) < 4.78 is 19.5. The maximum atomic E-state index is 13.4. The van der Waals surface area contributed by atoms with E-state index in [2.05, 4.69) is 20.8 Å². The molecule has 9 heteroatoms. The molecule has 0 amide bonds.